The van der Waals surface area contributed by atoms with Gasteiger partial charge in [-0.1, -0.05) is 25.2 Å². The van der Waals surface area contributed by atoms with E-state index in [0.717, 1.165) is 23.8 Å². The van der Waals surface area contributed by atoms with Crippen molar-refractivity contribution in [3.8, 4) is 0 Å². The SMILES string of the molecule is CC(C1CC2C=CC1C2)N1CCC[Si]1(C)C. The second kappa shape index (κ2) is 3.71. The lowest BCUT2D eigenvalue weighted by atomic mass is 9.87. The molecule has 4 atom stereocenters. The Kier molecular flexibility index (Phi) is 2.56. The predicted molar refractivity (Wildman–Crippen MR) is 71.9 cm³/mol. The van der Waals surface area contributed by atoms with Crippen LogP contribution in [0, 0.1) is 17.8 Å². The van der Waals surface area contributed by atoms with Gasteiger partial charge in [0.1, 0.15) is 8.24 Å². The molecule has 0 radical (unpaired) electrons. The van der Waals surface area contributed by atoms with Crippen LogP contribution >= 0.6 is 0 Å². The molecule has 0 amide bonds. The molecule has 0 aromatic rings. The van der Waals surface area contributed by atoms with E-state index in [2.05, 4.69) is 36.7 Å². The maximum absolute atomic E-state index is 2.92. The normalized spacial score (nSPS) is 43.1. The van der Waals surface area contributed by atoms with Crippen LogP contribution in [0.4, 0.5) is 0 Å². The first-order chi connectivity index (χ1) is 7.58. The molecule has 4 unspecified atom stereocenters. The first kappa shape index (κ1) is 11.0. The monoisotopic (exact) mass is 235 g/mol. The van der Waals surface area contributed by atoms with Gasteiger partial charge in [-0.2, -0.15) is 0 Å². The van der Waals surface area contributed by atoms with Gasteiger partial charge < -0.3 is 4.57 Å². The van der Waals surface area contributed by atoms with Crippen molar-refractivity contribution in [1.29, 1.82) is 0 Å². The summed E-state index contributed by atoms with van der Waals surface area (Å²) in [5.41, 5.74) is 0. The van der Waals surface area contributed by atoms with E-state index in [-0.39, 0.29) is 0 Å². The summed E-state index contributed by atoms with van der Waals surface area (Å²) >= 11 is 0. The molecule has 0 aromatic carbocycles. The van der Waals surface area contributed by atoms with Crippen LogP contribution in [0.2, 0.25) is 19.1 Å². The van der Waals surface area contributed by atoms with Gasteiger partial charge in [0, 0.05) is 6.04 Å². The Labute approximate surface area is 101 Å². The van der Waals surface area contributed by atoms with Crippen molar-refractivity contribution < 1.29 is 0 Å². The Morgan fingerprint density at radius 3 is 2.56 bits per heavy atom. The lowest BCUT2D eigenvalue weighted by Gasteiger charge is -2.40. The number of hydrogen-bond donors (Lipinski definition) is 0. The molecule has 2 heteroatoms. The molecule has 2 aliphatic carbocycles. The van der Waals surface area contributed by atoms with Crippen molar-refractivity contribution in [2.45, 2.75) is 51.4 Å². The molecule has 1 heterocycles. The van der Waals surface area contributed by atoms with E-state index in [0.29, 0.717) is 0 Å². The third-order valence-corrected chi connectivity index (χ3v) is 9.17. The predicted octanol–water partition coefficient (Wildman–Crippen LogP) is 3.50. The van der Waals surface area contributed by atoms with Crippen LogP contribution in [0.3, 0.4) is 0 Å². The largest absolute Gasteiger partial charge is 0.321 e. The molecule has 2 bridgehead atoms. The van der Waals surface area contributed by atoms with Gasteiger partial charge in [0.2, 0.25) is 0 Å². The average molecular weight is 235 g/mol. The molecule has 0 N–H and O–H groups in total. The zero-order valence-corrected chi connectivity index (χ0v) is 11.9. The topological polar surface area (TPSA) is 3.24 Å². The highest BCUT2D eigenvalue weighted by Gasteiger charge is 2.45. The van der Waals surface area contributed by atoms with Gasteiger partial charge in [0.15, 0.2) is 0 Å². The first-order valence-electron chi connectivity index (χ1n) is 7.03. The zero-order valence-electron chi connectivity index (χ0n) is 10.9. The second-order valence-electron chi connectivity index (χ2n) is 6.79. The molecule has 90 valence electrons. The molecule has 3 aliphatic rings. The Hall–Kier alpha value is -0.0831. The summed E-state index contributed by atoms with van der Waals surface area (Å²) < 4.78 is 2.92. The molecule has 1 saturated heterocycles. The van der Waals surface area contributed by atoms with E-state index >= 15 is 0 Å². The average Bonchev–Trinajstić information content (AvgIpc) is 2.90. The van der Waals surface area contributed by atoms with Crippen molar-refractivity contribution in [3.05, 3.63) is 12.2 Å². The maximum Gasteiger partial charge on any atom is 0.122 e. The van der Waals surface area contributed by atoms with E-state index < -0.39 is 8.24 Å². The molecular weight excluding hydrogens is 210 g/mol. The molecule has 1 aliphatic heterocycles. The van der Waals surface area contributed by atoms with Gasteiger partial charge in [-0.15, -0.1) is 0 Å². The van der Waals surface area contributed by atoms with Crippen LogP contribution in [0.5, 0.6) is 0 Å². The van der Waals surface area contributed by atoms with Crippen molar-refractivity contribution in [2.75, 3.05) is 6.54 Å². The van der Waals surface area contributed by atoms with Gasteiger partial charge in [0.25, 0.3) is 0 Å². The molecule has 2 fully saturated rings. The highest BCUT2D eigenvalue weighted by molar-refractivity contribution is 6.75. The Morgan fingerprint density at radius 2 is 2.06 bits per heavy atom. The first-order valence-corrected chi connectivity index (χ1v) is 10.2. The molecule has 0 aromatic heterocycles. The summed E-state index contributed by atoms with van der Waals surface area (Å²) in [6, 6.07) is 2.37. The second-order valence-corrected chi connectivity index (χ2v) is 11.5. The number of fused-ring (bicyclic) bond motifs is 2. The minimum absolute atomic E-state index is 0.851. The summed E-state index contributed by atoms with van der Waals surface area (Å²) in [4.78, 5) is 0. The Bertz CT molecular complexity index is 310. The van der Waals surface area contributed by atoms with E-state index in [1.54, 1.807) is 0 Å². The van der Waals surface area contributed by atoms with Gasteiger partial charge in [0.05, 0.1) is 0 Å². The fraction of sp³-hybridized carbons (Fsp3) is 0.857. The summed E-state index contributed by atoms with van der Waals surface area (Å²) in [5.74, 6) is 2.83. The van der Waals surface area contributed by atoms with Gasteiger partial charge in [-0.3, -0.25) is 0 Å². The van der Waals surface area contributed by atoms with Crippen LogP contribution in [-0.4, -0.2) is 25.4 Å². The van der Waals surface area contributed by atoms with Crippen LogP contribution in [-0.2, 0) is 0 Å². The fourth-order valence-corrected chi connectivity index (χ4v) is 7.86. The van der Waals surface area contributed by atoms with Crippen LogP contribution in [0.15, 0.2) is 12.2 Å². The van der Waals surface area contributed by atoms with Gasteiger partial charge >= 0.3 is 0 Å². The van der Waals surface area contributed by atoms with E-state index in [1.807, 2.05) is 0 Å². The molecule has 1 nitrogen and oxygen atoms in total. The Balaban J connectivity index is 1.73. The van der Waals surface area contributed by atoms with Crippen LogP contribution in [0.1, 0.15) is 26.2 Å². The number of hydrogen-bond acceptors (Lipinski definition) is 1. The van der Waals surface area contributed by atoms with E-state index in [4.69, 9.17) is 0 Å². The minimum Gasteiger partial charge on any atom is -0.321 e. The third kappa shape index (κ3) is 1.62. The van der Waals surface area contributed by atoms with E-state index in [1.165, 1.54) is 31.9 Å². The number of nitrogens with zero attached hydrogens (tertiary/aromatic N) is 1. The fourth-order valence-electron chi connectivity index (χ4n) is 4.49. The summed E-state index contributed by atoms with van der Waals surface area (Å²) in [5, 5.41) is 0. The molecular formula is C14H25NSi. The van der Waals surface area contributed by atoms with Crippen LogP contribution in [0.25, 0.3) is 0 Å². The molecule has 0 spiro atoms. The molecule has 16 heavy (non-hydrogen) atoms. The van der Waals surface area contributed by atoms with E-state index in [9.17, 15) is 0 Å². The van der Waals surface area contributed by atoms with Gasteiger partial charge in [-0.05, 0) is 56.5 Å². The lowest BCUT2D eigenvalue weighted by Crippen LogP contribution is -2.51. The van der Waals surface area contributed by atoms with Crippen molar-refractivity contribution >= 4 is 8.24 Å². The van der Waals surface area contributed by atoms with Crippen molar-refractivity contribution in [2.24, 2.45) is 17.8 Å². The molecule has 1 saturated carbocycles. The van der Waals surface area contributed by atoms with Crippen molar-refractivity contribution in [3.63, 3.8) is 0 Å². The summed E-state index contributed by atoms with van der Waals surface area (Å²) in [6.07, 6.45) is 9.38. The Morgan fingerprint density at radius 1 is 1.25 bits per heavy atom. The zero-order chi connectivity index (χ0) is 11.3. The lowest BCUT2D eigenvalue weighted by molar-refractivity contribution is 0.232. The highest BCUT2D eigenvalue weighted by atomic mass is 28.3. The highest BCUT2D eigenvalue weighted by Crippen LogP contribution is 2.47. The number of allylic oxidation sites excluding steroid dienone is 2. The quantitative estimate of drug-likeness (QED) is 0.523. The minimum atomic E-state index is -1.02. The smallest absolute Gasteiger partial charge is 0.122 e. The summed E-state index contributed by atoms with van der Waals surface area (Å²) in [6.45, 7) is 9.04. The standard InChI is InChI=1S/C14H25NSi/c1-11(15-7-4-8-16(15,2)3)14-10-12-5-6-13(14)9-12/h5-6,11-14H,4,7-10H2,1-3H3. The van der Waals surface area contributed by atoms with Crippen molar-refractivity contribution in [1.82, 2.24) is 4.57 Å². The maximum atomic E-state index is 2.92. The van der Waals surface area contributed by atoms with Crippen LogP contribution < -0.4 is 0 Å². The number of rotatable bonds is 2. The molecule has 3 rings (SSSR count). The van der Waals surface area contributed by atoms with Gasteiger partial charge in [-0.25, -0.2) is 0 Å². The third-order valence-electron chi connectivity index (χ3n) is 5.41. The summed E-state index contributed by atoms with van der Waals surface area (Å²) in [7, 11) is -1.02.